The number of nitrogens with zero attached hydrogens (tertiary/aromatic N) is 6. The SMILES string of the molecule is [C-]#[N+]c1ccnc(-c2cc(F)c(=O)n([C@H](C)c3cccc(-c4ncc(OCC5CCN(C)CC5)cn4)c3)c2)c1. The van der Waals surface area contributed by atoms with Crippen molar-refractivity contribution in [1.29, 1.82) is 0 Å². The number of ether oxygens (including phenoxy) is 1. The number of halogens is 1. The second-order valence-electron chi connectivity index (χ2n) is 9.90. The molecule has 4 heterocycles. The number of piperidine rings is 1. The zero-order valence-corrected chi connectivity index (χ0v) is 21.9. The molecule has 0 N–H and O–H groups in total. The number of rotatable bonds is 7. The number of aromatic nitrogens is 4. The molecule has 1 aliphatic rings. The van der Waals surface area contributed by atoms with Crippen molar-refractivity contribution in [1.82, 2.24) is 24.4 Å². The monoisotopic (exact) mass is 524 g/mol. The zero-order valence-electron chi connectivity index (χ0n) is 21.9. The second-order valence-corrected chi connectivity index (χ2v) is 9.90. The molecule has 1 aliphatic heterocycles. The summed E-state index contributed by atoms with van der Waals surface area (Å²) in [5, 5.41) is 0. The lowest BCUT2D eigenvalue weighted by atomic mass is 9.98. The van der Waals surface area contributed by atoms with Gasteiger partial charge in [-0.1, -0.05) is 18.2 Å². The predicted molar refractivity (Wildman–Crippen MR) is 147 cm³/mol. The third-order valence-electron chi connectivity index (χ3n) is 7.16. The summed E-state index contributed by atoms with van der Waals surface area (Å²) in [6.45, 7) is 11.9. The molecule has 8 nitrogen and oxygen atoms in total. The molecule has 5 rings (SSSR count). The van der Waals surface area contributed by atoms with E-state index in [1.165, 1.54) is 10.8 Å². The molecule has 4 aromatic rings. The summed E-state index contributed by atoms with van der Waals surface area (Å²) in [7, 11) is 2.14. The number of pyridine rings is 2. The topological polar surface area (TPSA) is 77.5 Å². The average Bonchev–Trinajstić information content (AvgIpc) is 2.98. The molecule has 198 valence electrons. The Morgan fingerprint density at radius 1 is 1.10 bits per heavy atom. The van der Waals surface area contributed by atoms with Gasteiger partial charge in [0.25, 0.3) is 5.56 Å². The molecule has 0 unspecified atom stereocenters. The average molecular weight is 525 g/mol. The van der Waals surface area contributed by atoms with Crippen LogP contribution in [0.2, 0.25) is 0 Å². The molecule has 0 bridgehead atoms. The Morgan fingerprint density at radius 3 is 2.62 bits per heavy atom. The Balaban J connectivity index is 1.35. The van der Waals surface area contributed by atoms with E-state index in [1.807, 2.05) is 31.2 Å². The minimum absolute atomic E-state index is 0.386. The zero-order chi connectivity index (χ0) is 27.4. The van der Waals surface area contributed by atoms with Gasteiger partial charge in [-0.05, 0) is 75.6 Å². The Labute approximate surface area is 226 Å². The predicted octanol–water partition coefficient (Wildman–Crippen LogP) is 5.39. The second kappa shape index (κ2) is 11.5. The lowest BCUT2D eigenvalue weighted by molar-refractivity contribution is 0.159. The smallest absolute Gasteiger partial charge is 0.287 e. The highest BCUT2D eigenvalue weighted by atomic mass is 19.1. The summed E-state index contributed by atoms with van der Waals surface area (Å²) < 4.78 is 22.0. The maximum atomic E-state index is 14.7. The standard InChI is InChI=1S/C30H29FN6O2/c1-20(37-18-24(14-27(31)30(37)38)28-15-25(32-2)7-10-33-28)22-5-4-6-23(13-22)29-34-16-26(17-35-29)39-19-21-8-11-36(3)12-9-21/h4-7,10,13-18,20-21H,8-9,11-12,19H2,1,3H3/t20-/m1/s1. The van der Waals surface area contributed by atoms with Crippen molar-refractivity contribution in [2.45, 2.75) is 25.8 Å². The van der Waals surface area contributed by atoms with Gasteiger partial charge in [0.1, 0.15) is 0 Å². The van der Waals surface area contributed by atoms with Gasteiger partial charge in [0.15, 0.2) is 23.1 Å². The Bertz CT molecular complexity index is 1560. The van der Waals surface area contributed by atoms with Crippen LogP contribution in [0.3, 0.4) is 0 Å². The molecule has 1 saturated heterocycles. The van der Waals surface area contributed by atoms with E-state index in [-0.39, 0.29) is 0 Å². The van der Waals surface area contributed by atoms with E-state index in [9.17, 15) is 9.18 Å². The van der Waals surface area contributed by atoms with Crippen LogP contribution in [-0.4, -0.2) is 51.2 Å². The summed E-state index contributed by atoms with van der Waals surface area (Å²) in [6, 6.07) is 11.4. The maximum absolute atomic E-state index is 14.7. The van der Waals surface area contributed by atoms with Gasteiger partial charge < -0.3 is 14.2 Å². The van der Waals surface area contributed by atoms with Gasteiger partial charge >= 0.3 is 0 Å². The van der Waals surface area contributed by atoms with E-state index >= 15 is 0 Å². The number of benzene rings is 1. The summed E-state index contributed by atoms with van der Waals surface area (Å²) >= 11 is 0. The molecule has 0 spiro atoms. The Hall–Kier alpha value is -4.42. The maximum Gasteiger partial charge on any atom is 0.287 e. The molecule has 1 aromatic carbocycles. The molecule has 9 heteroatoms. The molecule has 0 amide bonds. The molecular weight excluding hydrogens is 495 g/mol. The van der Waals surface area contributed by atoms with Gasteiger partial charge in [-0.3, -0.25) is 9.78 Å². The molecule has 0 saturated carbocycles. The lowest BCUT2D eigenvalue weighted by Gasteiger charge is -2.28. The van der Waals surface area contributed by atoms with Crippen LogP contribution in [0, 0.1) is 18.3 Å². The largest absolute Gasteiger partial charge is 0.490 e. The molecule has 1 fully saturated rings. The van der Waals surface area contributed by atoms with Crippen molar-refractivity contribution in [3.63, 3.8) is 0 Å². The highest BCUT2D eigenvalue weighted by Crippen LogP contribution is 2.26. The van der Waals surface area contributed by atoms with Crippen LogP contribution in [0.4, 0.5) is 10.1 Å². The Morgan fingerprint density at radius 2 is 1.87 bits per heavy atom. The first-order valence-electron chi connectivity index (χ1n) is 12.9. The first-order valence-corrected chi connectivity index (χ1v) is 12.9. The van der Waals surface area contributed by atoms with Gasteiger partial charge in [-0.15, -0.1) is 0 Å². The summed E-state index contributed by atoms with van der Waals surface area (Å²) in [5.74, 6) is 0.822. The third kappa shape index (κ3) is 6.02. The molecule has 0 aliphatic carbocycles. The first kappa shape index (κ1) is 26.2. The van der Waals surface area contributed by atoms with Gasteiger partial charge in [0.2, 0.25) is 0 Å². The van der Waals surface area contributed by atoms with Crippen molar-refractivity contribution >= 4 is 5.69 Å². The minimum Gasteiger partial charge on any atom is -0.490 e. The van der Waals surface area contributed by atoms with Gasteiger partial charge in [-0.2, -0.15) is 0 Å². The van der Waals surface area contributed by atoms with Crippen LogP contribution in [0.25, 0.3) is 27.5 Å². The summed E-state index contributed by atoms with van der Waals surface area (Å²) in [4.78, 5) is 31.7. The van der Waals surface area contributed by atoms with Crippen molar-refractivity contribution in [3.05, 3.63) is 100 Å². The van der Waals surface area contributed by atoms with Crippen molar-refractivity contribution in [2.24, 2.45) is 5.92 Å². The number of hydrogen-bond donors (Lipinski definition) is 0. The van der Waals surface area contributed by atoms with E-state index in [4.69, 9.17) is 11.3 Å². The van der Waals surface area contributed by atoms with Crippen LogP contribution in [-0.2, 0) is 0 Å². The minimum atomic E-state index is -0.885. The first-order chi connectivity index (χ1) is 18.9. The van der Waals surface area contributed by atoms with Crippen LogP contribution >= 0.6 is 0 Å². The quantitative estimate of drug-likeness (QED) is 0.302. The van der Waals surface area contributed by atoms with Gasteiger partial charge in [-0.25, -0.2) is 19.2 Å². The Kier molecular flexibility index (Phi) is 7.75. The van der Waals surface area contributed by atoms with Gasteiger partial charge in [0.05, 0.1) is 37.3 Å². The fourth-order valence-electron chi connectivity index (χ4n) is 4.72. The third-order valence-corrected chi connectivity index (χ3v) is 7.16. The van der Waals surface area contributed by atoms with Crippen LogP contribution in [0.5, 0.6) is 5.75 Å². The van der Waals surface area contributed by atoms with Gasteiger partial charge in [0, 0.05) is 23.5 Å². The van der Waals surface area contributed by atoms with Crippen molar-refractivity contribution < 1.29 is 9.13 Å². The molecule has 1 atom stereocenters. The summed E-state index contributed by atoms with van der Waals surface area (Å²) in [6.07, 6.45) is 8.68. The molecule has 0 radical (unpaired) electrons. The summed E-state index contributed by atoms with van der Waals surface area (Å²) in [5.41, 5.74) is 2.05. The highest BCUT2D eigenvalue weighted by molar-refractivity contribution is 5.63. The van der Waals surface area contributed by atoms with Crippen LogP contribution in [0.15, 0.2) is 72.0 Å². The van der Waals surface area contributed by atoms with E-state index < -0.39 is 17.4 Å². The number of hydrogen-bond acceptors (Lipinski definition) is 6. The van der Waals surface area contributed by atoms with Crippen LogP contribution in [0.1, 0.15) is 31.4 Å². The van der Waals surface area contributed by atoms with Crippen molar-refractivity contribution in [3.8, 4) is 28.4 Å². The number of likely N-dealkylation sites (tertiary alicyclic amines) is 1. The van der Waals surface area contributed by atoms with E-state index in [2.05, 4.69) is 31.7 Å². The fourth-order valence-corrected chi connectivity index (χ4v) is 4.72. The van der Waals surface area contributed by atoms with E-state index in [1.54, 1.807) is 30.7 Å². The van der Waals surface area contributed by atoms with E-state index in [0.29, 0.717) is 41.0 Å². The molecule has 3 aromatic heterocycles. The van der Waals surface area contributed by atoms with Crippen LogP contribution < -0.4 is 10.3 Å². The van der Waals surface area contributed by atoms with Crippen molar-refractivity contribution in [2.75, 3.05) is 26.7 Å². The van der Waals surface area contributed by atoms with E-state index in [0.717, 1.165) is 43.1 Å². The normalized spacial score (nSPS) is 15.0. The highest BCUT2D eigenvalue weighted by Gasteiger charge is 2.18. The molecular formula is C30H29FN6O2. The lowest BCUT2D eigenvalue weighted by Crippen LogP contribution is -2.32. The molecule has 39 heavy (non-hydrogen) atoms. The fraction of sp³-hybridized carbons (Fsp3) is 0.300.